The molecule has 2 heterocycles. The Morgan fingerprint density at radius 1 is 0.829 bits per heavy atom. The topological polar surface area (TPSA) is 55.2 Å². The van der Waals surface area contributed by atoms with Gasteiger partial charge < -0.3 is 15.0 Å². The van der Waals surface area contributed by atoms with Crippen LogP contribution in [0.15, 0.2) is 42.7 Å². The minimum Gasteiger partial charge on any atom is -0.405 e. The fraction of sp³-hybridized carbons (Fsp3) is 0.263. The Labute approximate surface area is 212 Å². The summed E-state index contributed by atoms with van der Waals surface area (Å²) in [5.74, 6) is -1.87. The van der Waals surface area contributed by atoms with Gasteiger partial charge in [0.1, 0.15) is 37.7 Å². The highest BCUT2D eigenvalue weighted by Crippen LogP contribution is 2.43. The molecule has 156 valence electrons. The van der Waals surface area contributed by atoms with Crippen molar-refractivity contribution in [2.75, 3.05) is 10.2 Å². The maximum atomic E-state index is 13.6. The molecule has 6 nitrogen and oxygen atoms in total. The molecule has 16 heteroatoms. The van der Waals surface area contributed by atoms with E-state index >= 15 is 0 Å². The summed E-state index contributed by atoms with van der Waals surface area (Å²) in [7, 11) is 48.7. The van der Waals surface area contributed by atoms with Crippen LogP contribution in [-0.4, -0.2) is 99.0 Å². The van der Waals surface area contributed by atoms with E-state index in [1.54, 1.807) is 25.1 Å². The number of halogens is 2. The van der Waals surface area contributed by atoms with Crippen LogP contribution in [-0.2, 0) is 4.74 Å². The molecule has 1 fully saturated rings. The summed E-state index contributed by atoms with van der Waals surface area (Å²) in [5.41, 5.74) is 1.65. The largest absolute Gasteiger partial charge is 0.405 e. The summed E-state index contributed by atoms with van der Waals surface area (Å²) in [5, 5.41) is -1.67. The van der Waals surface area contributed by atoms with E-state index in [9.17, 15) is 8.78 Å². The molecule has 1 saturated heterocycles. The smallest absolute Gasteiger partial charge is 0.246 e. The van der Waals surface area contributed by atoms with Gasteiger partial charge in [0.25, 0.3) is 0 Å². The summed E-state index contributed by atoms with van der Waals surface area (Å²) < 4.78 is 33.3. The number of anilines is 3. The third-order valence-corrected chi connectivity index (χ3v) is 5.57. The lowest BCUT2D eigenvalue weighted by atomic mass is 9.30. The Bertz CT molecular complexity index is 1260. The number of morpholine rings is 1. The molecule has 0 atom stereocenters. The van der Waals surface area contributed by atoms with Crippen molar-refractivity contribution >= 4 is 80.1 Å². The zero-order valence-electron chi connectivity index (χ0n) is 18.6. The lowest BCUT2D eigenvalue weighted by molar-refractivity contribution is -0.0253. The summed E-state index contributed by atoms with van der Waals surface area (Å²) >= 11 is 0. The second-order valence-electron chi connectivity index (χ2n) is 8.47. The molecule has 0 spiro atoms. The molecule has 16 radical (unpaired) electrons. The number of hydrogen-bond acceptors (Lipinski definition) is 5. The van der Waals surface area contributed by atoms with Crippen molar-refractivity contribution in [2.24, 2.45) is 0 Å². The molecule has 0 bridgehead atoms. The highest BCUT2D eigenvalue weighted by Gasteiger charge is 2.56. The van der Waals surface area contributed by atoms with Crippen molar-refractivity contribution in [1.82, 2.24) is 14.8 Å². The van der Waals surface area contributed by atoms with E-state index in [0.29, 0.717) is 11.3 Å². The van der Waals surface area contributed by atoms with Crippen LogP contribution in [0.3, 0.4) is 0 Å². The number of rotatable bonds is 4. The molecule has 3 aromatic rings. The Morgan fingerprint density at radius 3 is 2.06 bits per heavy atom. The van der Waals surface area contributed by atoms with Crippen LogP contribution >= 0.6 is 0 Å². The van der Waals surface area contributed by atoms with Gasteiger partial charge in [0.05, 0.1) is 37.1 Å². The molecule has 2 aromatic carbocycles. The van der Waals surface area contributed by atoms with Crippen LogP contribution in [0, 0.1) is 18.6 Å². The summed E-state index contributed by atoms with van der Waals surface area (Å²) in [6.07, 6.45) is 1.32. The monoisotopic (exact) mass is 451 g/mol. The quantitative estimate of drug-likeness (QED) is 0.539. The molecule has 0 unspecified atom stereocenters. The first-order chi connectivity index (χ1) is 16.0. The first-order valence-corrected chi connectivity index (χ1v) is 10.1. The minimum absolute atomic E-state index is 0.130. The van der Waals surface area contributed by atoms with Crippen molar-refractivity contribution in [3.05, 3.63) is 59.9 Å². The van der Waals surface area contributed by atoms with Crippen molar-refractivity contribution in [1.29, 1.82) is 0 Å². The van der Waals surface area contributed by atoms with Crippen LogP contribution in [0.25, 0.3) is 5.69 Å². The zero-order valence-corrected chi connectivity index (χ0v) is 18.6. The highest BCUT2D eigenvalue weighted by atomic mass is 19.2. The number of benzene rings is 2. The normalized spacial score (nSPS) is 19.8. The molecule has 35 heavy (non-hydrogen) atoms. The van der Waals surface area contributed by atoms with Crippen molar-refractivity contribution < 1.29 is 13.5 Å². The molecular formula is C19H11B8F2N5O. The van der Waals surface area contributed by atoms with Gasteiger partial charge in [-0.25, -0.2) is 13.5 Å². The fourth-order valence-electron chi connectivity index (χ4n) is 3.69. The molecule has 0 saturated carbocycles. The van der Waals surface area contributed by atoms with Crippen molar-refractivity contribution in [3.8, 4) is 5.69 Å². The average molecular weight is 450 g/mol. The maximum absolute atomic E-state index is 13.6. The second kappa shape index (κ2) is 8.29. The van der Waals surface area contributed by atoms with Crippen LogP contribution in [0.4, 0.5) is 26.1 Å². The van der Waals surface area contributed by atoms with Gasteiger partial charge in [0.15, 0.2) is 11.6 Å². The molecule has 1 aliphatic rings. The van der Waals surface area contributed by atoms with E-state index < -0.39 is 33.1 Å². The van der Waals surface area contributed by atoms with Gasteiger partial charge in [-0.1, -0.05) is 0 Å². The van der Waals surface area contributed by atoms with Gasteiger partial charge in [-0.3, -0.25) is 0 Å². The minimum atomic E-state index is -2.26. The van der Waals surface area contributed by atoms with E-state index in [1.807, 2.05) is 0 Å². The maximum Gasteiger partial charge on any atom is 0.246 e. The summed E-state index contributed by atoms with van der Waals surface area (Å²) in [4.78, 5) is 5.19. The number of aromatic nitrogens is 3. The molecule has 4 rings (SSSR count). The van der Waals surface area contributed by atoms with Crippen LogP contribution < -0.4 is 10.2 Å². The lowest BCUT2D eigenvalue weighted by Gasteiger charge is -2.71. The molecule has 1 N–H and O–H groups in total. The average Bonchev–Trinajstić information content (AvgIpc) is 3.16. The second-order valence-corrected chi connectivity index (χ2v) is 8.47. The first-order valence-electron chi connectivity index (χ1n) is 10.1. The van der Waals surface area contributed by atoms with Gasteiger partial charge in [-0.2, -0.15) is 4.98 Å². The molecule has 0 amide bonds. The Balaban J connectivity index is 1.70. The predicted molar refractivity (Wildman–Crippen MR) is 136 cm³/mol. The van der Waals surface area contributed by atoms with Crippen LogP contribution in [0.1, 0.15) is 5.56 Å². The van der Waals surface area contributed by atoms with E-state index in [4.69, 9.17) is 67.5 Å². The van der Waals surface area contributed by atoms with Crippen molar-refractivity contribution in [3.63, 3.8) is 0 Å². The lowest BCUT2D eigenvalue weighted by Crippen LogP contribution is -2.86. The summed E-state index contributed by atoms with van der Waals surface area (Å²) in [6, 6.07) is 8.24. The SMILES string of the molecule is [B]C1([B])OC([B])([B])C([B])([B])N(c2cc(C)cc(Nc3ncn(-c4ccc(F)c(F)c4)n3)c2)C1([B])[B]. The standard InChI is InChI=1S/C19H11B8F2N5O/c1-9-4-10(31-15-30-8-33(32-15)11-2-3-13(28)14(29)7-11)6-12(5-9)34-16(20,21)18(24,25)35-19(26,27)17(34,22)23/h2-8H,1H3,(H,31,32). The van der Waals surface area contributed by atoms with E-state index in [1.165, 1.54) is 17.1 Å². The van der Waals surface area contributed by atoms with Gasteiger partial charge in [-0.15, -0.1) is 5.10 Å². The Kier molecular flexibility index (Phi) is 6.06. The zero-order chi connectivity index (χ0) is 26.0. The molecular weight excluding hydrogens is 439 g/mol. The molecule has 0 aliphatic carbocycles. The number of nitrogens with zero attached hydrogens (tertiary/aromatic N) is 4. The van der Waals surface area contributed by atoms with Gasteiger partial charge in [-0.05, 0) is 64.3 Å². The van der Waals surface area contributed by atoms with Gasteiger partial charge in [0, 0.05) is 17.4 Å². The summed E-state index contributed by atoms with van der Waals surface area (Å²) in [6.45, 7) is 1.77. The van der Waals surface area contributed by atoms with E-state index in [-0.39, 0.29) is 17.3 Å². The number of ether oxygens (including phenoxy) is 1. The van der Waals surface area contributed by atoms with Crippen molar-refractivity contribution in [2.45, 2.75) is 28.4 Å². The van der Waals surface area contributed by atoms with Crippen LogP contribution in [0.5, 0.6) is 0 Å². The number of nitrogens with one attached hydrogen (secondary N) is 1. The number of aryl methyl sites for hydroxylation is 1. The third kappa shape index (κ3) is 4.34. The van der Waals surface area contributed by atoms with E-state index in [2.05, 4.69) is 15.4 Å². The molecule has 1 aromatic heterocycles. The van der Waals surface area contributed by atoms with Gasteiger partial charge in [0.2, 0.25) is 5.95 Å². The first kappa shape index (κ1) is 25.6. The highest BCUT2D eigenvalue weighted by molar-refractivity contribution is 6.61. The Hall–Kier alpha value is -2.48. The van der Waals surface area contributed by atoms with Gasteiger partial charge >= 0.3 is 0 Å². The number of hydrogen-bond donors (Lipinski definition) is 1. The molecule has 1 aliphatic heterocycles. The van der Waals surface area contributed by atoms with E-state index in [0.717, 1.165) is 17.0 Å². The fourth-order valence-corrected chi connectivity index (χ4v) is 3.69. The third-order valence-electron chi connectivity index (χ3n) is 5.57. The Morgan fingerprint density at radius 2 is 1.46 bits per heavy atom. The predicted octanol–water partition coefficient (Wildman–Crippen LogP) is -0.603. The van der Waals surface area contributed by atoms with Crippen LogP contribution in [0.2, 0.25) is 0 Å².